The second-order valence-electron chi connectivity index (χ2n) is 3.92. The highest BCUT2D eigenvalue weighted by Crippen LogP contribution is 2.24. The first-order valence-electron chi connectivity index (χ1n) is 5.82. The van der Waals surface area contributed by atoms with Crippen molar-refractivity contribution in [2.45, 2.75) is 13.3 Å². The van der Waals surface area contributed by atoms with E-state index in [9.17, 15) is 5.11 Å². The van der Waals surface area contributed by atoms with Crippen LogP contribution < -0.4 is 4.74 Å². The molecule has 0 heterocycles. The maximum Gasteiger partial charge on any atom is 0.119 e. The number of hydrogen-bond donors (Lipinski definition) is 1. The van der Waals surface area contributed by atoms with Gasteiger partial charge >= 0.3 is 0 Å². The van der Waals surface area contributed by atoms with E-state index in [-0.39, 0.29) is 5.75 Å². The third-order valence-corrected chi connectivity index (χ3v) is 2.53. The van der Waals surface area contributed by atoms with Crippen LogP contribution in [0.1, 0.15) is 13.3 Å². The molecule has 0 aliphatic heterocycles. The zero-order valence-corrected chi connectivity index (χ0v) is 9.89. The van der Waals surface area contributed by atoms with Crippen LogP contribution in [0, 0.1) is 0 Å². The molecule has 1 N–H and O–H groups in total. The summed E-state index contributed by atoms with van der Waals surface area (Å²) in [5.74, 6) is 1.19. The lowest BCUT2D eigenvalue weighted by Crippen LogP contribution is -1.94. The lowest BCUT2D eigenvalue weighted by molar-refractivity contribution is 0.317. The molecule has 0 radical (unpaired) electrons. The summed E-state index contributed by atoms with van der Waals surface area (Å²) in [5, 5.41) is 9.22. The first kappa shape index (κ1) is 11.5. The van der Waals surface area contributed by atoms with Gasteiger partial charge in [0.05, 0.1) is 6.61 Å². The molecule has 0 unspecified atom stereocenters. The van der Waals surface area contributed by atoms with Gasteiger partial charge in [-0.1, -0.05) is 31.2 Å². The van der Waals surface area contributed by atoms with E-state index in [2.05, 4.69) is 6.92 Å². The van der Waals surface area contributed by atoms with Gasteiger partial charge in [-0.05, 0) is 41.8 Å². The zero-order valence-electron chi connectivity index (χ0n) is 9.89. The first-order chi connectivity index (χ1) is 8.29. The maximum atomic E-state index is 9.22. The van der Waals surface area contributed by atoms with Gasteiger partial charge in [0.1, 0.15) is 11.5 Å². The Kier molecular flexibility index (Phi) is 3.66. The Balaban J connectivity index is 2.14. The lowest BCUT2D eigenvalue weighted by atomic mass is 10.1. The molecule has 0 aliphatic rings. The van der Waals surface area contributed by atoms with E-state index in [0.717, 1.165) is 29.9 Å². The van der Waals surface area contributed by atoms with Gasteiger partial charge in [-0.25, -0.2) is 0 Å². The van der Waals surface area contributed by atoms with Gasteiger partial charge in [0, 0.05) is 0 Å². The second-order valence-corrected chi connectivity index (χ2v) is 3.92. The average molecular weight is 228 g/mol. The van der Waals surface area contributed by atoms with Gasteiger partial charge in [-0.15, -0.1) is 0 Å². The van der Waals surface area contributed by atoms with E-state index < -0.39 is 0 Å². The number of hydrogen-bond acceptors (Lipinski definition) is 2. The van der Waals surface area contributed by atoms with E-state index in [1.54, 1.807) is 12.1 Å². The molecule has 2 aromatic rings. The fourth-order valence-electron chi connectivity index (χ4n) is 1.62. The van der Waals surface area contributed by atoms with Crippen molar-refractivity contribution in [2.24, 2.45) is 0 Å². The van der Waals surface area contributed by atoms with Crippen LogP contribution in [0.5, 0.6) is 11.5 Å². The number of rotatable bonds is 4. The third-order valence-electron chi connectivity index (χ3n) is 2.53. The quantitative estimate of drug-likeness (QED) is 0.861. The predicted molar refractivity (Wildman–Crippen MR) is 69.3 cm³/mol. The van der Waals surface area contributed by atoms with Crippen LogP contribution in [0.3, 0.4) is 0 Å². The zero-order chi connectivity index (χ0) is 12.1. The summed E-state index contributed by atoms with van der Waals surface area (Å²) in [6.45, 7) is 2.84. The van der Waals surface area contributed by atoms with Crippen LogP contribution in [0.2, 0.25) is 0 Å². The SMILES string of the molecule is CCCOc1ccc(-c2ccc(O)cc2)cc1. The molecule has 0 saturated heterocycles. The minimum Gasteiger partial charge on any atom is -0.508 e. The number of ether oxygens (including phenoxy) is 1. The summed E-state index contributed by atoms with van der Waals surface area (Å²) in [6.07, 6.45) is 1.01. The minimum atomic E-state index is 0.289. The molecule has 0 aromatic heterocycles. The van der Waals surface area contributed by atoms with Crippen LogP contribution in [-0.2, 0) is 0 Å². The van der Waals surface area contributed by atoms with Gasteiger partial charge in [-0.2, -0.15) is 0 Å². The van der Waals surface area contributed by atoms with Crippen molar-refractivity contribution < 1.29 is 9.84 Å². The molecule has 2 heteroatoms. The second kappa shape index (κ2) is 5.39. The summed E-state index contributed by atoms with van der Waals surface area (Å²) >= 11 is 0. The fourth-order valence-corrected chi connectivity index (χ4v) is 1.62. The van der Waals surface area contributed by atoms with Crippen LogP contribution >= 0.6 is 0 Å². The van der Waals surface area contributed by atoms with Gasteiger partial charge in [0.2, 0.25) is 0 Å². The van der Waals surface area contributed by atoms with Gasteiger partial charge in [0.15, 0.2) is 0 Å². The summed E-state index contributed by atoms with van der Waals surface area (Å²) in [6, 6.07) is 15.2. The van der Waals surface area contributed by atoms with Crippen LogP contribution in [0.4, 0.5) is 0 Å². The smallest absolute Gasteiger partial charge is 0.119 e. The Morgan fingerprint density at radius 3 is 1.94 bits per heavy atom. The largest absolute Gasteiger partial charge is 0.508 e. The molecule has 17 heavy (non-hydrogen) atoms. The normalized spacial score (nSPS) is 10.2. The Morgan fingerprint density at radius 2 is 1.41 bits per heavy atom. The Bertz CT molecular complexity index is 457. The summed E-state index contributed by atoms with van der Waals surface area (Å²) < 4.78 is 5.53. The molecular formula is C15H16O2. The molecule has 2 nitrogen and oxygen atoms in total. The van der Waals surface area contributed by atoms with E-state index in [1.807, 2.05) is 36.4 Å². The standard InChI is InChI=1S/C15H16O2/c1-2-11-17-15-9-5-13(6-10-15)12-3-7-14(16)8-4-12/h3-10,16H,2,11H2,1H3. The molecule has 0 saturated carbocycles. The molecular weight excluding hydrogens is 212 g/mol. The van der Waals surface area contributed by atoms with E-state index in [0.29, 0.717) is 0 Å². The molecule has 0 fully saturated rings. The highest BCUT2D eigenvalue weighted by molar-refractivity contribution is 5.64. The fraction of sp³-hybridized carbons (Fsp3) is 0.200. The monoisotopic (exact) mass is 228 g/mol. The van der Waals surface area contributed by atoms with E-state index in [4.69, 9.17) is 4.74 Å². The van der Waals surface area contributed by atoms with Crippen molar-refractivity contribution in [1.29, 1.82) is 0 Å². The highest BCUT2D eigenvalue weighted by Gasteiger charge is 1.98. The molecule has 0 atom stereocenters. The molecule has 0 bridgehead atoms. The highest BCUT2D eigenvalue weighted by atomic mass is 16.5. The molecule has 2 rings (SSSR count). The molecule has 88 valence electrons. The summed E-state index contributed by atoms with van der Waals surface area (Å²) in [4.78, 5) is 0. The van der Waals surface area contributed by atoms with Crippen molar-refractivity contribution in [3.05, 3.63) is 48.5 Å². The molecule has 0 aliphatic carbocycles. The number of phenols is 1. The Morgan fingerprint density at radius 1 is 0.882 bits per heavy atom. The van der Waals surface area contributed by atoms with Crippen molar-refractivity contribution in [3.63, 3.8) is 0 Å². The summed E-state index contributed by atoms with van der Waals surface area (Å²) in [7, 11) is 0. The number of benzene rings is 2. The molecule has 0 spiro atoms. The summed E-state index contributed by atoms with van der Waals surface area (Å²) in [5.41, 5.74) is 2.21. The van der Waals surface area contributed by atoms with E-state index in [1.165, 1.54) is 0 Å². The van der Waals surface area contributed by atoms with Crippen molar-refractivity contribution in [3.8, 4) is 22.6 Å². The average Bonchev–Trinajstić information content (AvgIpc) is 2.38. The minimum absolute atomic E-state index is 0.289. The third kappa shape index (κ3) is 3.00. The topological polar surface area (TPSA) is 29.5 Å². The van der Waals surface area contributed by atoms with Crippen molar-refractivity contribution in [1.82, 2.24) is 0 Å². The van der Waals surface area contributed by atoms with Crippen LogP contribution in [0.25, 0.3) is 11.1 Å². The Hall–Kier alpha value is -1.96. The lowest BCUT2D eigenvalue weighted by Gasteiger charge is -2.06. The van der Waals surface area contributed by atoms with Crippen LogP contribution in [0.15, 0.2) is 48.5 Å². The van der Waals surface area contributed by atoms with Crippen LogP contribution in [-0.4, -0.2) is 11.7 Å². The Labute approximate surface area is 101 Å². The molecule has 2 aromatic carbocycles. The number of aromatic hydroxyl groups is 1. The number of phenolic OH excluding ortho intramolecular Hbond substituents is 1. The predicted octanol–water partition coefficient (Wildman–Crippen LogP) is 3.85. The molecule has 0 amide bonds. The van der Waals surface area contributed by atoms with Gasteiger partial charge < -0.3 is 9.84 Å². The van der Waals surface area contributed by atoms with Crippen molar-refractivity contribution in [2.75, 3.05) is 6.61 Å². The first-order valence-corrected chi connectivity index (χ1v) is 5.82. The van der Waals surface area contributed by atoms with Gasteiger partial charge in [-0.3, -0.25) is 0 Å². The van der Waals surface area contributed by atoms with Gasteiger partial charge in [0.25, 0.3) is 0 Å². The van der Waals surface area contributed by atoms with Crippen molar-refractivity contribution >= 4 is 0 Å². The maximum absolute atomic E-state index is 9.22. The van der Waals surface area contributed by atoms with E-state index >= 15 is 0 Å².